The van der Waals surface area contributed by atoms with E-state index in [0.717, 1.165) is 19.4 Å². The quantitative estimate of drug-likeness (QED) is 0.630. The number of hydrogen-bond donors (Lipinski definition) is 3. The number of ether oxygens (including phenoxy) is 1. The molecule has 1 fully saturated rings. The van der Waals surface area contributed by atoms with Gasteiger partial charge in [0.15, 0.2) is 0 Å². The Labute approximate surface area is 90.2 Å². The molecule has 0 aliphatic carbocycles. The lowest BCUT2D eigenvalue weighted by Crippen LogP contribution is -2.43. The number of hydrogen-bond acceptors (Lipinski definition) is 3. The largest absolute Gasteiger partial charge is 0.392 e. The smallest absolute Gasteiger partial charge is 0.314 e. The standard InChI is InChI=1S/C10H20N2O3/c1-8(13)6-11-10(14)12-7-9-4-2-3-5-15-9/h8-9,13H,2-7H2,1H3,(H2,11,12,14). The van der Waals surface area contributed by atoms with Crippen LogP contribution < -0.4 is 10.6 Å². The van der Waals surface area contributed by atoms with Crippen LogP contribution in [0, 0.1) is 0 Å². The Balaban J connectivity index is 2.05. The molecule has 5 heteroatoms. The number of aliphatic hydroxyl groups is 1. The van der Waals surface area contributed by atoms with Crippen LogP contribution in [-0.4, -0.2) is 43.0 Å². The summed E-state index contributed by atoms with van der Waals surface area (Å²) in [6, 6.07) is -0.245. The van der Waals surface area contributed by atoms with Crippen LogP contribution in [0.15, 0.2) is 0 Å². The zero-order chi connectivity index (χ0) is 11.1. The molecule has 0 bridgehead atoms. The summed E-state index contributed by atoms with van der Waals surface area (Å²) in [7, 11) is 0. The van der Waals surface area contributed by atoms with Crippen LogP contribution in [0.5, 0.6) is 0 Å². The molecule has 1 saturated heterocycles. The van der Waals surface area contributed by atoms with Crippen LogP contribution in [-0.2, 0) is 4.74 Å². The summed E-state index contributed by atoms with van der Waals surface area (Å²) in [4.78, 5) is 11.2. The Morgan fingerprint density at radius 3 is 2.93 bits per heavy atom. The molecule has 0 spiro atoms. The number of carbonyl (C=O) groups excluding carboxylic acids is 1. The highest BCUT2D eigenvalue weighted by Crippen LogP contribution is 2.11. The van der Waals surface area contributed by atoms with Crippen molar-refractivity contribution in [1.82, 2.24) is 10.6 Å². The van der Waals surface area contributed by atoms with E-state index in [2.05, 4.69) is 10.6 Å². The Bertz CT molecular complexity index is 191. The fourth-order valence-electron chi connectivity index (χ4n) is 1.48. The van der Waals surface area contributed by atoms with Gasteiger partial charge < -0.3 is 20.5 Å². The molecule has 3 N–H and O–H groups in total. The molecule has 0 saturated carbocycles. The maximum Gasteiger partial charge on any atom is 0.314 e. The van der Waals surface area contributed by atoms with E-state index in [1.54, 1.807) is 6.92 Å². The summed E-state index contributed by atoms with van der Waals surface area (Å²) < 4.78 is 5.46. The lowest BCUT2D eigenvalue weighted by Gasteiger charge is -2.22. The maximum atomic E-state index is 11.2. The monoisotopic (exact) mass is 216 g/mol. The molecule has 1 rings (SSSR count). The summed E-state index contributed by atoms with van der Waals surface area (Å²) in [6.07, 6.45) is 2.93. The fraction of sp³-hybridized carbons (Fsp3) is 0.900. The van der Waals surface area contributed by atoms with Gasteiger partial charge >= 0.3 is 6.03 Å². The van der Waals surface area contributed by atoms with Crippen molar-refractivity contribution >= 4 is 6.03 Å². The first-order valence-electron chi connectivity index (χ1n) is 5.50. The van der Waals surface area contributed by atoms with Gasteiger partial charge in [0.05, 0.1) is 12.2 Å². The molecule has 1 aliphatic heterocycles. The molecule has 2 atom stereocenters. The van der Waals surface area contributed by atoms with Gasteiger partial charge in [-0.1, -0.05) is 0 Å². The van der Waals surface area contributed by atoms with Gasteiger partial charge in [0.2, 0.25) is 0 Å². The number of urea groups is 1. The number of aliphatic hydroxyl groups excluding tert-OH is 1. The van der Waals surface area contributed by atoms with Crippen molar-refractivity contribution in [3.63, 3.8) is 0 Å². The third kappa shape index (κ3) is 5.59. The van der Waals surface area contributed by atoms with Gasteiger partial charge in [-0.3, -0.25) is 0 Å². The summed E-state index contributed by atoms with van der Waals surface area (Å²) in [5.74, 6) is 0. The van der Waals surface area contributed by atoms with Crippen LogP contribution in [0.25, 0.3) is 0 Å². The molecule has 0 aromatic heterocycles. The summed E-state index contributed by atoms with van der Waals surface area (Å²) in [6.45, 7) is 3.25. The van der Waals surface area contributed by atoms with Crippen LogP contribution >= 0.6 is 0 Å². The molecular weight excluding hydrogens is 196 g/mol. The van der Waals surface area contributed by atoms with E-state index in [9.17, 15) is 4.79 Å². The first-order valence-corrected chi connectivity index (χ1v) is 5.50. The number of amides is 2. The van der Waals surface area contributed by atoms with Crippen molar-refractivity contribution in [3.8, 4) is 0 Å². The van der Waals surface area contributed by atoms with Gasteiger partial charge in [-0.05, 0) is 26.2 Å². The van der Waals surface area contributed by atoms with E-state index in [4.69, 9.17) is 9.84 Å². The molecule has 0 aromatic carbocycles. The second-order valence-electron chi connectivity index (χ2n) is 3.93. The topological polar surface area (TPSA) is 70.6 Å². The second-order valence-corrected chi connectivity index (χ2v) is 3.93. The molecular formula is C10H20N2O3. The average molecular weight is 216 g/mol. The number of carbonyl (C=O) groups is 1. The predicted octanol–water partition coefficient (Wildman–Crippen LogP) is 0.235. The van der Waals surface area contributed by atoms with Gasteiger partial charge in [-0.15, -0.1) is 0 Å². The van der Waals surface area contributed by atoms with Gasteiger partial charge in [-0.2, -0.15) is 0 Å². The van der Waals surface area contributed by atoms with Gasteiger partial charge in [0.1, 0.15) is 0 Å². The Hall–Kier alpha value is -0.810. The molecule has 15 heavy (non-hydrogen) atoms. The molecule has 2 amide bonds. The van der Waals surface area contributed by atoms with E-state index in [1.807, 2.05) is 0 Å². The van der Waals surface area contributed by atoms with Crippen molar-refractivity contribution in [2.24, 2.45) is 0 Å². The zero-order valence-corrected chi connectivity index (χ0v) is 9.16. The lowest BCUT2D eigenvalue weighted by molar-refractivity contribution is 0.0184. The first-order chi connectivity index (χ1) is 7.18. The highest BCUT2D eigenvalue weighted by molar-refractivity contribution is 5.73. The van der Waals surface area contributed by atoms with Crippen molar-refractivity contribution in [2.75, 3.05) is 19.7 Å². The molecule has 5 nitrogen and oxygen atoms in total. The van der Waals surface area contributed by atoms with Crippen molar-refractivity contribution < 1.29 is 14.6 Å². The molecule has 0 aromatic rings. The van der Waals surface area contributed by atoms with Crippen molar-refractivity contribution in [1.29, 1.82) is 0 Å². The lowest BCUT2D eigenvalue weighted by atomic mass is 10.1. The Morgan fingerprint density at radius 2 is 2.33 bits per heavy atom. The van der Waals surface area contributed by atoms with Crippen LogP contribution in [0.2, 0.25) is 0 Å². The summed E-state index contributed by atoms with van der Waals surface area (Å²) in [5, 5.41) is 14.2. The van der Waals surface area contributed by atoms with E-state index in [1.165, 1.54) is 6.42 Å². The predicted molar refractivity (Wildman–Crippen MR) is 56.7 cm³/mol. The summed E-state index contributed by atoms with van der Waals surface area (Å²) in [5.41, 5.74) is 0. The molecule has 0 radical (unpaired) electrons. The highest BCUT2D eigenvalue weighted by atomic mass is 16.5. The van der Waals surface area contributed by atoms with E-state index in [-0.39, 0.29) is 18.7 Å². The van der Waals surface area contributed by atoms with Gasteiger partial charge in [0, 0.05) is 19.7 Å². The minimum absolute atomic E-state index is 0.149. The first kappa shape index (κ1) is 12.3. The minimum atomic E-state index is -0.512. The van der Waals surface area contributed by atoms with Crippen LogP contribution in [0.3, 0.4) is 0 Å². The number of nitrogens with one attached hydrogen (secondary N) is 2. The van der Waals surface area contributed by atoms with E-state index in [0.29, 0.717) is 6.54 Å². The van der Waals surface area contributed by atoms with E-state index >= 15 is 0 Å². The average Bonchev–Trinajstić information content (AvgIpc) is 2.25. The van der Waals surface area contributed by atoms with Gasteiger partial charge in [0.25, 0.3) is 0 Å². The molecule has 88 valence electrons. The third-order valence-corrected chi connectivity index (χ3v) is 2.32. The van der Waals surface area contributed by atoms with Crippen molar-refractivity contribution in [3.05, 3.63) is 0 Å². The third-order valence-electron chi connectivity index (χ3n) is 2.32. The SMILES string of the molecule is CC(O)CNC(=O)NCC1CCCCO1. The van der Waals surface area contributed by atoms with Crippen LogP contribution in [0.4, 0.5) is 4.79 Å². The highest BCUT2D eigenvalue weighted by Gasteiger charge is 2.14. The molecule has 1 aliphatic rings. The fourth-order valence-corrected chi connectivity index (χ4v) is 1.48. The normalized spacial score (nSPS) is 23.2. The second kappa shape index (κ2) is 6.63. The Kier molecular flexibility index (Phi) is 5.42. The van der Waals surface area contributed by atoms with Crippen molar-refractivity contribution in [2.45, 2.75) is 38.4 Å². The number of rotatable bonds is 4. The van der Waals surface area contributed by atoms with E-state index < -0.39 is 6.10 Å². The molecule has 2 unspecified atom stereocenters. The summed E-state index contributed by atoms with van der Waals surface area (Å²) >= 11 is 0. The molecule has 1 heterocycles. The zero-order valence-electron chi connectivity index (χ0n) is 9.16. The minimum Gasteiger partial charge on any atom is -0.392 e. The van der Waals surface area contributed by atoms with Crippen LogP contribution in [0.1, 0.15) is 26.2 Å². The Morgan fingerprint density at radius 1 is 1.53 bits per heavy atom. The maximum absolute atomic E-state index is 11.2. The van der Waals surface area contributed by atoms with Gasteiger partial charge in [-0.25, -0.2) is 4.79 Å².